The topological polar surface area (TPSA) is 73.8 Å². The van der Waals surface area contributed by atoms with Crippen LogP contribution in [0.5, 0.6) is 11.8 Å². The Balaban J connectivity index is 1.48. The van der Waals surface area contributed by atoms with E-state index in [-0.39, 0.29) is 34.5 Å². The lowest BCUT2D eigenvalue weighted by atomic mass is 9.73. The van der Waals surface area contributed by atoms with Gasteiger partial charge in [0, 0.05) is 50.2 Å². The van der Waals surface area contributed by atoms with Gasteiger partial charge in [0.25, 0.3) is 0 Å². The van der Waals surface area contributed by atoms with E-state index in [9.17, 15) is 9.50 Å². The van der Waals surface area contributed by atoms with Crippen molar-refractivity contribution in [1.29, 1.82) is 0 Å². The van der Waals surface area contributed by atoms with Gasteiger partial charge in [-0.1, -0.05) is 18.7 Å². The zero-order valence-corrected chi connectivity index (χ0v) is 21.6. The first-order valence-electron chi connectivity index (χ1n) is 13.3. The van der Waals surface area contributed by atoms with Crippen molar-refractivity contribution < 1.29 is 18.6 Å². The van der Waals surface area contributed by atoms with Gasteiger partial charge in [-0.15, -0.1) is 0 Å². The van der Waals surface area contributed by atoms with Crippen LogP contribution in [0.4, 0.5) is 14.6 Å². The van der Waals surface area contributed by atoms with Gasteiger partial charge in [-0.2, -0.15) is 9.97 Å². The molecule has 0 unspecified atom stereocenters. The third-order valence-corrected chi connectivity index (χ3v) is 8.44. The van der Waals surface area contributed by atoms with E-state index in [1.165, 1.54) is 24.3 Å². The monoisotopic (exact) mass is 521 g/mol. The molecule has 3 aliphatic rings. The number of aromatic nitrogens is 2. The van der Waals surface area contributed by atoms with Gasteiger partial charge in [0.05, 0.1) is 5.56 Å². The maximum absolute atomic E-state index is 16.4. The number of nitrogens with one attached hydrogen (secondary N) is 1. The average molecular weight is 522 g/mol. The SMILES string of the molecule is C=Cc1cc2c(N3CCC4(CC3)CNC4)nc(OC3CCN(C)CC3)nc2c(F)c1-c1c(O)cccc1F. The van der Waals surface area contributed by atoms with Crippen molar-refractivity contribution in [1.82, 2.24) is 20.2 Å². The number of hydrogen-bond acceptors (Lipinski definition) is 7. The first-order valence-corrected chi connectivity index (χ1v) is 13.3. The number of hydrogen-bond donors (Lipinski definition) is 2. The maximum atomic E-state index is 16.4. The van der Waals surface area contributed by atoms with Gasteiger partial charge in [0.1, 0.15) is 29.0 Å². The lowest BCUT2D eigenvalue weighted by Crippen LogP contribution is -2.58. The minimum atomic E-state index is -0.730. The highest BCUT2D eigenvalue weighted by molar-refractivity contribution is 5.97. The Morgan fingerprint density at radius 2 is 1.84 bits per heavy atom. The molecule has 4 heterocycles. The van der Waals surface area contributed by atoms with Gasteiger partial charge in [0.15, 0.2) is 5.82 Å². The maximum Gasteiger partial charge on any atom is 0.319 e. The lowest BCUT2D eigenvalue weighted by Gasteiger charge is -2.48. The summed E-state index contributed by atoms with van der Waals surface area (Å²) in [5.41, 5.74) is 0.459. The fourth-order valence-corrected chi connectivity index (χ4v) is 5.96. The summed E-state index contributed by atoms with van der Waals surface area (Å²) in [7, 11) is 2.08. The largest absolute Gasteiger partial charge is 0.507 e. The average Bonchev–Trinajstić information content (AvgIpc) is 2.90. The number of piperidine rings is 2. The van der Waals surface area contributed by atoms with Crippen molar-refractivity contribution in [3.63, 3.8) is 0 Å². The van der Waals surface area contributed by atoms with E-state index in [0.717, 1.165) is 65.0 Å². The van der Waals surface area contributed by atoms with E-state index in [0.29, 0.717) is 22.2 Å². The Morgan fingerprint density at radius 1 is 1.11 bits per heavy atom. The normalized spacial score (nSPS) is 20.0. The number of rotatable bonds is 5. The quantitative estimate of drug-likeness (QED) is 0.509. The number of aromatic hydroxyl groups is 1. The highest BCUT2D eigenvalue weighted by Gasteiger charge is 2.40. The predicted molar refractivity (Wildman–Crippen MR) is 145 cm³/mol. The number of halogens is 2. The molecule has 3 aliphatic heterocycles. The Morgan fingerprint density at radius 3 is 2.47 bits per heavy atom. The number of nitrogens with zero attached hydrogens (tertiary/aromatic N) is 4. The number of benzene rings is 2. The number of phenolic OH excluding ortho intramolecular Hbond substituents is 1. The summed E-state index contributed by atoms with van der Waals surface area (Å²) in [5, 5.41) is 14.4. The molecule has 1 spiro atoms. The van der Waals surface area contributed by atoms with E-state index in [2.05, 4.69) is 33.7 Å². The van der Waals surface area contributed by atoms with Crippen LogP contribution in [0.15, 0.2) is 30.8 Å². The Bertz CT molecular complexity index is 1360. The van der Waals surface area contributed by atoms with E-state index in [1.54, 1.807) is 6.07 Å². The number of fused-ring (bicyclic) bond motifs is 1. The highest BCUT2D eigenvalue weighted by Crippen LogP contribution is 2.43. The van der Waals surface area contributed by atoms with Crippen LogP contribution in [0.3, 0.4) is 0 Å². The van der Waals surface area contributed by atoms with Gasteiger partial charge in [-0.25, -0.2) is 8.78 Å². The predicted octanol–water partition coefficient (Wildman–Crippen LogP) is 4.59. The lowest BCUT2D eigenvalue weighted by molar-refractivity contribution is 0.105. The van der Waals surface area contributed by atoms with Gasteiger partial charge >= 0.3 is 6.01 Å². The van der Waals surface area contributed by atoms with Crippen molar-refractivity contribution in [3.8, 4) is 22.9 Å². The molecular formula is C29H33F2N5O2. The summed E-state index contributed by atoms with van der Waals surface area (Å²) in [6.45, 7) is 9.30. The van der Waals surface area contributed by atoms with Crippen molar-refractivity contribution >= 4 is 22.8 Å². The molecule has 9 heteroatoms. The summed E-state index contributed by atoms with van der Waals surface area (Å²) in [5.74, 6) is -1.18. The van der Waals surface area contributed by atoms with Crippen molar-refractivity contribution in [2.24, 2.45) is 5.41 Å². The minimum Gasteiger partial charge on any atom is -0.507 e. The summed E-state index contributed by atoms with van der Waals surface area (Å²) in [4.78, 5) is 13.8. The second kappa shape index (κ2) is 9.78. The molecule has 38 heavy (non-hydrogen) atoms. The zero-order valence-electron chi connectivity index (χ0n) is 21.6. The van der Waals surface area contributed by atoms with Crippen LogP contribution in [-0.2, 0) is 0 Å². The third kappa shape index (κ3) is 4.37. The minimum absolute atomic E-state index is 0.0479. The molecule has 0 amide bonds. The molecule has 7 nitrogen and oxygen atoms in total. The molecule has 0 atom stereocenters. The summed E-state index contributed by atoms with van der Waals surface area (Å²) in [6, 6.07) is 5.80. The molecule has 0 aliphatic carbocycles. The third-order valence-electron chi connectivity index (χ3n) is 8.44. The Kier molecular flexibility index (Phi) is 6.44. The first kappa shape index (κ1) is 25.0. The van der Waals surface area contributed by atoms with Crippen LogP contribution in [0.1, 0.15) is 31.2 Å². The van der Waals surface area contributed by atoms with Gasteiger partial charge in [-0.05, 0) is 61.9 Å². The van der Waals surface area contributed by atoms with Crippen molar-refractivity contribution in [3.05, 3.63) is 48.0 Å². The smallest absolute Gasteiger partial charge is 0.319 e. The molecule has 200 valence electrons. The van der Waals surface area contributed by atoms with Crippen LogP contribution < -0.4 is 15.0 Å². The molecule has 0 saturated carbocycles. The van der Waals surface area contributed by atoms with E-state index >= 15 is 4.39 Å². The second-order valence-corrected chi connectivity index (χ2v) is 10.9. The summed E-state index contributed by atoms with van der Waals surface area (Å²) < 4.78 is 37.5. The van der Waals surface area contributed by atoms with Crippen molar-refractivity contribution in [2.75, 3.05) is 51.2 Å². The number of ether oxygens (including phenoxy) is 1. The van der Waals surface area contributed by atoms with Crippen LogP contribution >= 0.6 is 0 Å². The van der Waals surface area contributed by atoms with Crippen molar-refractivity contribution in [2.45, 2.75) is 31.8 Å². The van der Waals surface area contributed by atoms with Crippen LogP contribution in [0.25, 0.3) is 28.1 Å². The van der Waals surface area contributed by atoms with Crippen LogP contribution in [-0.4, -0.2) is 72.4 Å². The Hall–Kier alpha value is -3.30. The molecule has 6 rings (SSSR count). The molecule has 3 aromatic rings. The number of likely N-dealkylation sites (tertiary alicyclic amines) is 1. The summed E-state index contributed by atoms with van der Waals surface area (Å²) in [6.07, 6.45) is 5.12. The second-order valence-electron chi connectivity index (χ2n) is 10.9. The Labute approximate surface area is 221 Å². The molecule has 2 aromatic carbocycles. The van der Waals surface area contributed by atoms with E-state index < -0.39 is 11.6 Å². The highest BCUT2D eigenvalue weighted by atomic mass is 19.1. The van der Waals surface area contributed by atoms with Crippen LogP contribution in [0, 0.1) is 17.0 Å². The molecule has 3 fully saturated rings. The molecule has 2 N–H and O–H groups in total. The molecular weight excluding hydrogens is 488 g/mol. The zero-order chi connectivity index (χ0) is 26.4. The molecule has 3 saturated heterocycles. The van der Waals surface area contributed by atoms with Crippen LogP contribution in [0.2, 0.25) is 0 Å². The molecule has 0 radical (unpaired) electrons. The molecule has 0 bridgehead atoms. The van der Waals surface area contributed by atoms with Gasteiger partial charge in [0.2, 0.25) is 0 Å². The van der Waals surface area contributed by atoms with E-state index in [1.807, 2.05) is 0 Å². The fraction of sp³-hybridized carbons (Fsp3) is 0.448. The standard InChI is InChI=1S/C29H33F2N5O2/c1-3-18-15-20-26(25(31)23(18)24-21(30)5-4-6-22(24)37)33-28(38-19-7-11-35(2)12-8-19)34-27(20)36-13-9-29(10-14-36)16-32-17-29/h3-6,15,19,32,37H,1,7-14,16-17H2,2H3. The fourth-order valence-electron chi connectivity index (χ4n) is 5.96. The number of phenols is 1. The summed E-state index contributed by atoms with van der Waals surface area (Å²) >= 11 is 0. The first-order chi connectivity index (χ1) is 18.4. The van der Waals surface area contributed by atoms with Gasteiger partial charge < -0.3 is 25.0 Å². The van der Waals surface area contributed by atoms with E-state index in [4.69, 9.17) is 9.72 Å². The van der Waals surface area contributed by atoms with Gasteiger partial charge in [-0.3, -0.25) is 0 Å². The molecule has 1 aromatic heterocycles. The number of anilines is 1.